The average molecular weight is 432 g/mol. The summed E-state index contributed by atoms with van der Waals surface area (Å²) in [6, 6.07) is 15.8. The second-order valence-corrected chi connectivity index (χ2v) is 6.74. The number of aromatic amines is 1. The van der Waals surface area contributed by atoms with Gasteiger partial charge in [0, 0.05) is 10.9 Å². The Morgan fingerprint density at radius 3 is 2.23 bits per heavy atom. The van der Waals surface area contributed by atoms with E-state index in [1.807, 2.05) is 0 Å². The number of H-pyrrole nitrogens is 1. The highest BCUT2D eigenvalue weighted by Crippen LogP contribution is 2.31. The van der Waals surface area contributed by atoms with E-state index in [4.69, 9.17) is 16.3 Å². The van der Waals surface area contributed by atoms with Crippen molar-refractivity contribution in [3.8, 4) is 11.5 Å². The molecule has 2 N–H and O–H groups in total. The van der Waals surface area contributed by atoms with E-state index in [9.17, 15) is 18.0 Å². The highest BCUT2D eigenvalue weighted by atomic mass is 35.5. The third-order valence-electron chi connectivity index (χ3n) is 4.31. The lowest BCUT2D eigenvalue weighted by molar-refractivity contribution is -0.137. The molecule has 0 saturated carbocycles. The molecule has 0 aliphatic carbocycles. The quantitative estimate of drug-likeness (QED) is 0.399. The molecule has 152 valence electrons. The number of nitrogens with zero attached hydrogens (tertiary/aromatic N) is 1. The van der Waals surface area contributed by atoms with Crippen LogP contribution in [0.5, 0.6) is 11.5 Å². The number of rotatable bonds is 4. The molecule has 1 heterocycles. The summed E-state index contributed by atoms with van der Waals surface area (Å²) in [5, 5.41) is 10.7. The van der Waals surface area contributed by atoms with Crippen LogP contribution in [0.2, 0.25) is 5.02 Å². The molecule has 1 amide bonds. The number of ether oxygens (including phenoxy) is 1. The molecule has 0 atom stereocenters. The average Bonchev–Trinajstić information content (AvgIpc) is 3.12. The molecule has 4 rings (SSSR count). The van der Waals surface area contributed by atoms with E-state index in [0.29, 0.717) is 33.1 Å². The van der Waals surface area contributed by atoms with Gasteiger partial charge in [-0.3, -0.25) is 9.89 Å². The summed E-state index contributed by atoms with van der Waals surface area (Å²) in [4.78, 5) is 12.5. The number of para-hydroxylation sites is 1. The molecule has 0 aliphatic heterocycles. The number of benzene rings is 3. The zero-order valence-electron chi connectivity index (χ0n) is 15.1. The molecule has 3 aromatic carbocycles. The number of carbonyl (C=O) groups excluding carboxylic acids is 1. The van der Waals surface area contributed by atoms with Gasteiger partial charge in [-0.05, 0) is 60.7 Å². The van der Waals surface area contributed by atoms with Gasteiger partial charge in [0.2, 0.25) is 0 Å². The van der Waals surface area contributed by atoms with Crippen molar-refractivity contribution in [3.05, 3.63) is 82.9 Å². The molecule has 9 heteroatoms. The van der Waals surface area contributed by atoms with Gasteiger partial charge >= 0.3 is 6.18 Å². The van der Waals surface area contributed by atoms with Crippen molar-refractivity contribution in [1.29, 1.82) is 0 Å². The van der Waals surface area contributed by atoms with E-state index in [-0.39, 0.29) is 11.7 Å². The number of carbonyl (C=O) groups is 1. The molecule has 0 saturated heterocycles. The van der Waals surface area contributed by atoms with Crippen molar-refractivity contribution < 1.29 is 22.7 Å². The largest absolute Gasteiger partial charge is 0.457 e. The van der Waals surface area contributed by atoms with E-state index in [1.54, 1.807) is 30.3 Å². The van der Waals surface area contributed by atoms with E-state index in [2.05, 4.69) is 15.5 Å². The van der Waals surface area contributed by atoms with Crippen LogP contribution in [0.15, 0.2) is 66.7 Å². The number of hydrogen-bond acceptors (Lipinski definition) is 3. The second kappa shape index (κ2) is 7.72. The van der Waals surface area contributed by atoms with Gasteiger partial charge in [-0.2, -0.15) is 18.3 Å². The van der Waals surface area contributed by atoms with Crippen LogP contribution in [0.1, 0.15) is 15.9 Å². The fourth-order valence-corrected chi connectivity index (χ4v) is 3.02. The Morgan fingerprint density at radius 2 is 1.60 bits per heavy atom. The van der Waals surface area contributed by atoms with Crippen molar-refractivity contribution in [2.45, 2.75) is 6.18 Å². The first-order chi connectivity index (χ1) is 14.3. The number of anilines is 1. The normalized spacial score (nSPS) is 11.5. The number of amides is 1. The molecule has 30 heavy (non-hydrogen) atoms. The van der Waals surface area contributed by atoms with Gasteiger partial charge in [-0.25, -0.2) is 0 Å². The molecule has 0 aliphatic rings. The maximum atomic E-state index is 12.6. The molecule has 0 fully saturated rings. The Labute approximate surface area is 173 Å². The minimum Gasteiger partial charge on any atom is -0.457 e. The predicted molar refractivity (Wildman–Crippen MR) is 107 cm³/mol. The van der Waals surface area contributed by atoms with Crippen molar-refractivity contribution in [3.63, 3.8) is 0 Å². The van der Waals surface area contributed by atoms with Crippen LogP contribution in [0.3, 0.4) is 0 Å². The fourth-order valence-electron chi connectivity index (χ4n) is 2.80. The summed E-state index contributed by atoms with van der Waals surface area (Å²) in [6.07, 6.45) is -4.40. The van der Waals surface area contributed by atoms with Gasteiger partial charge in [0.05, 0.1) is 16.1 Å². The van der Waals surface area contributed by atoms with Gasteiger partial charge in [0.1, 0.15) is 11.5 Å². The molecule has 0 spiro atoms. The predicted octanol–water partition coefficient (Wildman–Crippen LogP) is 6.28. The minimum absolute atomic E-state index is 0.250. The summed E-state index contributed by atoms with van der Waals surface area (Å²) < 4.78 is 43.4. The second-order valence-electron chi connectivity index (χ2n) is 6.34. The summed E-state index contributed by atoms with van der Waals surface area (Å²) in [7, 11) is 0. The third kappa shape index (κ3) is 4.08. The SMILES string of the molecule is O=C(Nc1n[nH]c2c(Cl)cccc12)c1ccc(Oc2ccc(C(F)(F)F)cc2)cc1. The zero-order chi connectivity index (χ0) is 21.3. The standard InChI is InChI=1S/C21H13ClF3N3O2/c22-17-3-1-2-16-18(17)27-28-19(16)26-20(29)12-4-8-14(9-5-12)30-15-10-6-13(7-11-15)21(23,24)25/h1-11H,(H2,26,27,28,29). The van der Waals surface area contributed by atoms with Crippen LogP contribution in [-0.2, 0) is 6.18 Å². The van der Waals surface area contributed by atoms with Gasteiger partial charge in [-0.15, -0.1) is 0 Å². The van der Waals surface area contributed by atoms with Gasteiger partial charge < -0.3 is 10.1 Å². The molecule has 1 aromatic heterocycles. The Balaban J connectivity index is 1.45. The maximum absolute atomic E-state index is 12.6. The molecule has 5 nitrogen and oxygen atoms in total. The number of alkyl halides is 3. The molecule has 0 radical (unpaired) electrons. The Kier molecular flexibility index (Phi) is 5.09. The van der Waals surface area contributed by atoms with E-state index >= 15 is 0 Å². The third-order valence-corrected chi connectivity index (χ3v) is 4.63. The lowest BCUT2D eigenvalue weighted by Crippen LogP contribution is -2.12. The molecule has 0 bridgehead atoms. The monoisotopic (exact) mass is 431 g/mol. The summed E-state index contributed by atoms with van der Waals surface area (Å²) in [6.45, 7) is 0. The van der Waals surface area contributed by atoms with E-state index < -0.39 is 11.7 Å². The van der Waals surface area contributed by atoms with Crippen LogP contribution < -0.4 is 10.1 Å². The van der Waals surface area contributed by atoms with Crippen LogP contribution >= 0.6 is 11.6 Å². The summed E-state index contributed by atoms with van der Waals surface area (Å²) >= 11 is 6.09. The Morgan fingerprint density at radius 1 is 0.967 bits per heavy atom. The van der Waals surface area contributed by atoms with Gasteiger partial charge in [-0.1, -0.05) is 17.7 Å². The van der Waals surface area contributed by atoms with Crippen LogP contribution in [0.4, 0.5) is 19.0 Å². The van der Waals surface area contributed by atoms with Crippen LogP contribution in [-0.4, -0.2) is 16.1 Å². The topological polar surface area (TPSA) is 67.0 Å². The first-order valence-electron chi connectivity index (χ1n) is 8.70. The first-order valence-corrected chi connectivity index (χ1v) is 9.08. The molecular formula is C21H13ClF3N3O2. The first kappa shape index (κ1) is 19.8. The van der Waals surface area contributed by atoms with Gasteiger partial charge in [0.25, 0.3) is 5.91 Å². The highest BCUT2D eigenvalue weighted by Gasteiger charge is 2.30. The summed E-state index contributed by atoms with van der Waals surface area (Å²) in [5.41, 5.74) is 0.219. The Hall–Kier alpha value is -3.52. The number of fused-ring (bicyclic) bond motifs is 1. The number of nitrogens with one attached hydrogen (secondary N) is 2. The Bertz CT molecular complexity index is 1200. The molecule has 4 aromatic rings. The zero-order valence-corrected chi connectivity index (χ0v) is 15.9. The maximum Gasteiger partial charge on any atom is 0.416 e. The van der Waals surface area contributed by atoms with E-state index in [1.165, 1.54) is 24.3 Å². The smallest absolute Gasteiger partial charge is 0.416 e. The minimum atomic E-state index is -4.40. The molecule has 0 unspecified atom stereocenters. The highest BCUT2D eigenvalue weighted by molar-refractivity contribution is 6.35. The molecular weight excluding hydrogens is 419 g/mol. The van der Waals surface area contributed by atoms with Crippen LogP contribution in [0.25, 0.3) is 10.9 Å². The number of aromatic nitrogens is 2. The van der Waals surface area contributed by atoms with Crippen molar-refractivity contribution in [2.75, 3.05) is 5.32 Å². The van der Waals surface area contributed by atoms with Gasteiger partial charge in [0.15, 0.2) is 5.82 Å². The number of halogens is 4. The lowest BCUT2D eigenvalue weighted by atomic mass is 10.2. The van der Waals surface area contributed by atoms with E-state index in [0.717, 1.165) is 12.1 Å². The van der Waals surface area contributed by atoms with Crippen LogP contribution in [0, 0.1) is 0 Å². The summed E-state index contributed by atoms with van der Waals surface area (Å²) in [5.74, 6) is 0.593. The fraction of sp³-hybridized carbons (Fsp3) is 0.0476. The van der Waals surface area contributed by atoms with Crippen molar-refractivity contribution >= 4 is 34.2 Å². The lowest BCUT2D eigenvalue weighted by Gasteiger charge is -2.09. The number of hydrogen-bond donors (Lipinski definition) is 2. The van der Waals surface area contributed by atoms with Crippen molar-refractivity contribution in [2.24, 2.45) is 0 Å². The van der Waals surface area contributed by atoms with Crippen molar-refractivity contribution in [1.82, 2.24) is 10.2 Å².